The quantitative estimate of drug-likeness (QED) is 0.916. The van der Waals surface area contributed by atoms with Gasteiger partial charge in [0.05, 0.1) is 12.7 Å². The molecule has 0 saturated carbocycles. The van der Waals surface area contributed by atoms with Gasteiger partial charge in [-0.05, 0) is 55.2 Å². The van der Waals surface area contributed by atoms with Crippen molar-refractivity contribution in [2.75, 3.05) is 7.11 Å². The molecule has 0 saturated heterocycles. The molecule has 0 radical (unpaired) electrons. The Morgan fingerprint density at radius 1 is 1.05 bits per heavy atom. The lowest BCUT2D eigenvalue weighted by molar-refractivity contribution is 0.0574. The maximum absolute atomic E-state index is 10.8. The fourth-order valence-electron chi connectivity index (χ4n) is 2.37. The summed E-state index contributed by atoms with van der Waals surface area (Å²) in [6, 6.07) is 13.9. The largest absolute Gasteiger partial charge is 0.497 e. The van der Waals surface area contributed by atoms with Gasteiger partial charge in [0.2, 0.25) is 0 Å². The molecule has 1 unspecified atom stereocenters. The van der Waals surface area contributed by atoms with Gasteiger partial charge in [-0.15, -0.1) is 0 Å². The Morgan fingerprint density at radius 2 is 1.80 bits per heavy atom. The van der Waals surface area contributed by atoms with Crippen LogP contribution >= 0.6 is 0 Å². The molecular weight excluding hydrogens is 248 g/mol. The highest BCUT2D eigenvalue weighted by atomic mass is 16.5. The van der Waals surface area contributed by atoms with Crippen LogP contribution < -0.4 is 4.74 Å². The van der Waals surface area contributed by atoms with E-state index >= 15 is 0 Å². The van der Waals surface area contributed by atoms with Crippen LogP contribution in [0.5, 0.6) is 5.75 Å². The smallest absolute Gasteiger partial charge is 0.119 e. The maximum Gasteiger partial charge on any atom is 0.119 e. The molecule has 2 aromatic rings. The van der Waals surface area contributed by atoms with Crippen molar-refractivity contribution in [1.82, 2.24) is 0 Å². The van der Waals surface area contributed by atoms with Gasteiger partial charge in [0.15, 0.2) is 0 Å². The lowest BCUT2D eigenvalue weighted by atomic mass is 9.88. The van der Waals surface area contributed by atoms with Crippen molar-refractivity contribution in [3.63, 3.8) is 0 Å². The zero-order valence-corrected chi connectivity index (χ0v) is 12.6. The molecule has 0 aliphatic rings. The predicted octanol–water partition coefficient (Wildman–Crippen LogP) is 3.76. The first-order valence-electron chi connectivity index (χ1n) is 6.85. The van der Waals surface area contributed by atoms with Crippen LogP contribution in [0.25, 0.3) is 0 Å². The molecule has 20 heavy (non-hydrogen) atoms. The van der Waals surface area contributed by atoms with Crippen molar-refractivity contribution in [3.8, 4) is 5.75 Å². The number of aliphatic hydroxyl groups is 1. The molecule has 106 valence electrons. The minimum atomic E-state index is -0.907. The summed E-state index contributed by atoms with van der Waals surface area (Å²) >= 11 is 0. The summed E-state index contributed by atoms with van der Waals surface area (Å²) in [4.78, 5) is 0. The monoisotopic (exact) mass is 270 g/mol. The molecular formula is C18H22O2. The normalized spacial score (nSPS) is 13.8. The summed E-state index contributed by atoms with van der Waals surface area (Å²) in [5.41, 5.74) is 3.63. The Morgan fingerprint density at radius 3 is 2.45 bits per heavy atom. The van der Waals surface area contributed by atoms with E-state index in [9.17, 15) is 5.11 Å². The zero-order chi connectivity index (χ0) is 14.8. The van der Waals surface area contributed by atoms with E-state index in [1.807, 2.05) is 31.2 Å². The van der Waals surface area contributed by atoms with Crippen LogP contribution in [-0.4, -0.2) is 12.2 Å². The summed E-state index contributed by atoms with van der Waals surface area (Å²) in [7, 11) is 1.64. The van der Waals surface area contributed by atoms with E-state index in [2.05, 4.69) is 32.0 Å². The van der Waals surface area contributed by atoms with E-state index in [0.29, 0.717) is 6.42 Å². The highest BCUT2D eigenvalue weighted by molar-refractivity contribution is 5.35. The third-order valence-corrected chi connectivity index (χ3v) is 3.81. The average Bonchev–Trinajstić information content (AvgIpc) is 2.43. The lowest BCUT2D eigenvalue weighted by Gasteiger charge is -2.25. The van der Waals surface area contributed by atoms with E-state index in [1.165, 1.54) is 11.1 Å². The first-order chi connectivity index (χ1) is 9.42. The van der Waals surface area contributed by atoms with Gasteiger partial charge in [0.1, 0.15) is 5.75 Å². The maximum atomic E-state index is 10.8. The Bertz CT molecular complexity index is 600. The molecule has 0 fully saturated rings. The van der Waals surface area contributed by atoms with E-state index in [1.54, 1.807) is 7.11 Å². The second kappa shape index (κ2) is 5.68. The number of rotatable bonds is 4. The minimum absolute atomic E-state index is 0.585. The topological polar surface area (TPSA) is 29.5 Å². The summed E-state index contributed by atoms with van der Waals surface area (Å²) in [6.45, 7) is 6.04. The van der Waals surface area contributed by atoms with E-state index in [4.69, 9.17) is 4.74 Å². The fraction of sp³-hybridized carbons (Fsp3) is 0.333. The van der Waals surface area contributed by atoms with Gasteiger partial charge in [-0.2, -0.15) is 0 Å². The summed E-state index contributed by atoms with van der Waals surface area (Å²) in [6.07, 6.45) is 0.585. The van der Waals surface area contributed by atoms with Crippen molar-refractivity contribution in [2.24, 2.45) is 0 Å². The predicted molar refractivity (Wildman–Crippen MR) is 82.2 cm³/mol. The van der Waals surface area contributed by atoms with Crippen LogP contribution in [0, 0.1) is 13.8 Å². The molecule has 0 amide bonds. The average molecular weight is 270 g/mol. The molecule has 2 nitrogen and oxygen atoms in total. The van der Waals surface area contributed by atoms with Gasteiger partial charge >= 0.3 is 0 Å². The lowest BCUT2D eigenvalue weighted by Crippen LogP contribution is -2.24. The Balaban J connectivity index is 2.27. The minimum Gasteiger partial charge on any atom is -0.497 e. The van der Waals surface area contributed by atoms with Crippen LogP contribution in [0.2, 0.25) is 0 Å². The number of ether oxygens (including phenoxy) is 1. The van der Waals surface area contributed by atoms with Gasteiger partial charge in [0, 0.05) is 6.42 Å². The van der Waals surface area contributed by atoms with Crippen molar-refractivity contribution >= 4 is 0 Å². The molecule has 0 aliphatic carbocycles. The Kier molecular flexibility index (Phi) is 4.15. The molecule has 1 atom stereocenters. The number of hydrogen-bond donors (Lipinski definition) is 1. The first kappa shape index (κ1) is 14.6. The van der Waals surface area contributed by atoms with Crippen LogP contribution in [0.3, 0.4) is 0 Å². The Labute approximate surface area is 121 Å². The summed E-state index contributed by atoms with van der Waals surface area (Å²) in [5.74, 6) is 0.767. The molecule has 0 spiro atoms. The zero-order valence-electron chi connectivity index (χ0n) is 12.6. The van der Waals surface area contributed by atoms with Crippen LogP contribution in [0.15, 0.2) is 42.5 Å². The highest BCUT2D eigenvalue weighted by Crippen LogP contribution is 2.28. The van der Waals surface area contributed by atoms with Gasteiger partial charge in [0.25, 0.3) is 0 Å². The van der Waals surface area contributed by atoms with Crippen LogP contribution in [0.1, 0.15) is 29.2 Å². The molecule has 0 aliphatic heterocycles. The van der Waals surface area contributed by atoms with Gasteiger partial charge in [-0.25, -0.2) is 0 Å². The molecule has 2 aromatic carbocycles. The molecule has 2 heteroatoms. The van der Waals surface area contributed by atoms with Gasteiger partial charge < -0.3 is 9.84 Å². The van der Waals surface area contributed by atoms with Crippen LogP contribution in [0.4, 0.5) is 0 Å². The third kappa shape index (κ3) is 3.20. The number of hydrogen-bond acceptors (Lipinski definition) is 2. The van der Waals surface area contributed by atoms with Gasteiger partial charge in [-0.3, -0.25) is 0 Å². The molecule has 1 N–H and O–H groups in total. The molecule has 2 rings (SSSR count). The molecule has 0 bridgehead atoms. The second-order valence-electron chi connectivity index (χ2n) is 5.60. The fourth-order valence-corrected chi connectivity index (χ4v) is 2.37. The first-order valence-corrected chi connectivity index (χ1v) is 6.85. The highest BCUT2D eigenvalue weighted by Gasteiger charge is 2.24. The number of methoxy groups -OCH3 is 1. The van der Waals surface area contributed by atoms with Gasteiger partial charge in [-0.1, -0.05) is 30.3 Å². The number of benzene rings is 2. The van der Waals surface area contributed by atoms with E-state index < -0.39 is 5.60 Å². The van der Waals surface area contributed by atoms with Crippen LogP contribution in [-0.2, 0) is 12.0 Å². The summed E-state index contributed by atoms with van der Waals surface area (Å²) in [5, 5.41) is 10.8. The third-order valence-electron chi connectivity index (χ3n) is 3.81. The summed E-state index contributed by atoms with van der Waals surface area (Å²) < 4.78 is 5.22. The van der Waals surface area contributed by atoms with Crippen molar-refractivity contribution < 1.29 is 9.84 Å². The molecule has 0 aromatic heterocycles. The van der Waals surface area contributed by atoms with E-state index in [0.717, 1.165) is 16.9 Å². The van der Waals surface area contributed by atoms with E-state index in [-0.39, 0.29) is 0 Å². The van der Waals surface area contributed by atoms with Crippen molar-refractivity contribution in [1.29, 1.82) is 0 Å². The SMILES string of the molecule is COc1cccc(C(C)(O)Cc2ccc(C)c(C)c2)c1. The molecule has 0 heterocycles. The van der Waals surface area contributed by atoms with Crippen molar-refractivity contribution in [2.45, 2.75) is 32.8 Å². The Hall–Kier alpha value is -1.80. The standard InChI is InChI=1S/C18H22O2/c1-13-8-9-15(10-14(13)2)12-18(3,19)16-6-5-7-17(11-16)20-4/h5-11,19H,12H2,1-4H3. The second-order valence-corrected chi connectivity index (χ2v) is 5.60. The number of aryl methyl sites for hydroxylation is 2. The van der Waals surface area contributed by atoms with Crippen molar-refractivity contribution in [3.05, 3.63) is 64.7 Å².